The van der Waals surface area contributed by atoms with E-state index >= 15 is 0 Å². The smallest absolute Gasteiger partial charge is 0.0268 e. The summed E-state index contributed by atoms with van der Waals surface area (Å²) in [5.41, 5.74) is 0. The quantitative estimate of drug-likeness (QED) is 0.186. The molecule has 0 amide bonds. The van der Waals surface area contributed by atoms with Gasteiger partial charge in [-0.1, -0.05) is 0 Å². The number of hydrogen-bond acceptors (Lipinski definition) is 10. The predicted octanol–water partition coefficient (Wildman–Crippen LogP) is 6.34. The van der Waals surface area contributed by atoms with Crippen molar-refractivity contribution in [3.8, 4) is 0 Å². The van der Waals surface area contributed by atoms with Crippen molar-refractivity contribution in [3.05, 3.63) is 0 Å². The molecule has 5 rings (SSSR count). The zero-order chi connectivity index (χ0) is 20.2. The fraction of sp³-hybridized carbons (Fsp3) is 1.00. The van der Waals surface area contributed by atoms with Gasteiger partial charge in [-0.3, -0.25) is 0 Å². The average molecular weight is 593 g/mol. The molecule has 0 aliphatic carbocycles. The Hall–Kier alpha value is 3.50. The number of hydrogen-bond donors (Lipinski definition) is 0. The van der Waals surface area contributed by atoms with E-state index in [1.807, 2.05) is 0 Å². The molecule has 5 aliphatic heterocycles. The molecule has 30 heavy (non-hydrogen) atoms. The molecule has 10 heteroatoms. The summed E-state index contributed by atoms with van der Waals surface area (Å²) in [4.78, 5) is 0. The lowest BCUT2D eigenvalue weighted by molar-refractivity contribution is 0.856. The molecule has 8 atom stereocenters. The van der Waals surface area contributed by atoms with Crippen LogP contribution in [0.2, 0.25) is 0 Å². The van der Waals surface area contributed by atoms with Gasteiger partial charge in [0.1, 0.15) is 0 Å². The highest BCUT2D eigenvalue weighted by Crippen LogP contribution is 2.47. The second-order valence-corrected chi connectivity index (χ2v) is 21.0. The lowest BCUT2D eigenvalue weighted by atomic mass is 10.3. The van der Waals surface area contributed by atoms with Crippen LogP contribution in [0.25, 0.3) is 0 Å². The summed E-state index contributed by atoms with van der Waals surface area (Å²) >= 11 is 22.6. The van der Waals surface area contributed by atoms with Crippen LogP contribution in [0.3, 0.4) is 0 Å². The third-order valence-corrected chi connectivity index (χ3v) is 19.7. The second kappa shape index (κ2) is 13.2. The monoisotopic (exact) mass is 592 g/mol. The molecule has 5 saturated heterocycles. The zero-order valence-corrected chi connectivity index (χ0v) is 25.4. The van der Waals surface area contributed by atoms with Crippen molar-refractivity contribution in [2.45, 2.75) is 42.0 Å². The molecule has 172 valence electrons. The fourth-order valence-corrected chi connectivity index (χ4v) is 17.2. The van der Waals surface area contributed by atoms with Crippen LogP contribution in [0.5, 0.6) is 0 Å². The van der Waals surface area contributed by atoms with Crippen molar-refractivity contribution in [3.63, 3.8) is 0 Å². The molecule has 0 saturated carbocycles. The van der Waals surface area contributed by atoms with Crippen molar-refractivity contribution in [2.75, 3.05) is 69.0 Å². The minimum absolute atomic E-state index is 0.879. The maximum Gasteiger partial charge on any atom is 0.0268 e. The molecule has 0 aromatic carbocycles. The van der Waals surface area contributed by atoms with Crippen LogP contribution in [-0.4, -0.2) is 111 Å². The van der Waals surface area contributed by atoms with Crippen LogP contribution < -0.4 is 0 Å². The standard InChI is InChI=1S/C20H32S10/c1(13-5-25-13)21-9-17-18(10-22-2-14-6-26-14)30-20(12-24-4-16-8-28-16)19(29-17)11-23-3-15-7-27-15/h13-20H,1-12H2. The van der Waals surface area contributed by atoms with Gasteiger partial charge in [-0.2, -0.15) is 118 Å². The molecule has 5 aliphatic rings. The van der Waals surface area contributed by atoms with E-state index in [-0.39, 0.29) is 0 Å². The summed E-state index contributed by atoms with van der Waals surface area (Å²) in [7, 11) is 0. The zero-order valence-electron chi connectivity index (χ0n) is 17.2. The lowest BCUT2D eigenvalue weighted by Gasteiger charge is -2.41. The lowest BCUT2D eigenvalue weighted by Crippen LogP contribution is -2.41. The molecule has 0 N–H and O–H groups in total. The molecule has 0 aromatic rings. The van der Waals surface area contributed by atoms with Gasteiger partial charge in [-0.05, 0) is 0 Å². The Labute approximate surface area is 226 Å². The maximum absolute atomic E-state index is 2.43. The molecular weight excluding hydrogens is 561 g/mol. The van der Waals surface area contributed by atoms with E-state index in [0.29, 0.717) is 0 Å². The Morgan fingerprint density at radius 1 is 0.400 bits per heavy atom. The van der Waals surface area contributed by atoms with Gasteiger partial charge < -0.3 is 0 Å². The first-order valence-corrected chi connectivity index (χ1v) is 21.6. The molecule has 0 bridgehead atoms. The predicted molar refractivity (Wildman–Crippen MR) is 165 cm³/mol. The fourth-order valence-electron chi connectivity index (χ4n) is 3.31. The van der Waals surface area contributed by atoms with Gasteiger partial charge in [-0.25, -0.2) is 0 Å². The Balaban J connectivity index is 1.14. The summed E-state index contributed by atoms with van der Waals surface area (Å²) in [6, 6.07) is 0. The molecule has 0 aromatic heterocycles. The highest BCUT2D eigenvalue weighted by molar-refractivity contribution is 8.13. The Morgan fingerprint density at radius 2 is 0.633 bits per heavy atom. The highest BCUT2D eigenvalue weighted by Gasteiger charge is 2.39. The molecular formula is C20H32S10. The third kappa shape index (κ3) is 9.51. The van der Waals surface area contributed by atoms with Crippen LogP contribution >= 0.6 is 118 Å². The highest BCUT2D eigenvalue weighted by atomic mass is 32.2. The minimum atomic E-state index is 0.879. The average Bonchev–Trinajstić information content (AvgIpc) is 3.56. The van der Waals surface area contributed by atoms with E-state index in [1.165, 1.54) is 69.0 Å². The summed E-state index contributed by atoms with van der Waals surface area (Å²) < 4.78 is 0. The first kappa shape index (κ1) is 25.2. The van der Waals surface area contributed by atoms with Crippen LogP contribution in [0.15, 0.2) is 0 Å². The Kier molecular flexibility index (Phi) is 11.0. The van der Waals surface area contributed by atoms with Crippen LogP contribution in [-0.2, 0) is 0 Å². The first-order chi connectivity index (χ1) is 14.8. The van der Waals surface area contributed by atoms with E-state index in [1.54, 1.807) is 0 Å². The van der Waals surface area contributed by atoms with Crippen molar-refractivity contribution in [2.24, 2.45) is 0 Å². The maximum atomic E-state index is 2.43. The Bertz CT molecular complexity index is 430. The van der Waals surface area contributed by atoms with Gasteiger partial charge in [0.05, 0.1) is 0 Å². The SMILES string of the molecule is C(SCC1SC(CSCC2CS2)C(CSCC2CS2)SC1CSCC1CS1)C1CS1. The molecule has 8 unspecified atom stereocenters. The van der Waals surface area contributed by atoms with Crippen LogP contribution in [0.1, 0.15) is 0 Å². The molecule has 0 spiro atoms. The molecule has 0 radical (unpaired) electrons. The summed E-state index contributed by atoms with van der Waals surface area (Å²) in [6.07, 6.45) is 0. The van der Waals surface area contributed by atoms with Crippen molar-refractivity contribution < 1.29 is 0 Å². The van der Waals surface area contributed by atoms with Gasteiger partial charge in [0.15, 0.2) is 0 Å². The third-order valence-electron chi connectivity index (χ3n) is 5.48. The number of thioether (sulfide) groups is 10. The molecule has 0 nitrogen and oxygen atoms in total. The van der Waals surface area contributed by atoms with E-state index in [9.17, 15) is 0 Å². The van der Waals surface area contributed by atoms with Crippen LogP contribution in [0.4, 0.5) is 0 Å². The summed E-state index contributed by atoms with van der Waals surface area (Å²) in [6.45, 7) is 0. The molecule has 5 heterocycles. The van der Waals surface area contributed by atoms with Crippen molar-refractivity contribution in [1.29, 1.82) is 0 Å². The first-order valence-electron chi connectivity index (χ1n) is 10.9. The van der Waals surface area contributed by atoms with Gasteiger partial charge in [-0.15, -0.1) is 0 Å². The molecule has 5 fully saturated rings. The van der Waals surface area contributed by atoms with Gasteiger partial charge in [0.25, 0.3) is 0 Å². The van der Waals surface area contributed by atoms with Crippen molar-refractivity contribution in [1.82, 2.24) is 0 Å². The summed E-state index contributed by atoms with van der Waals surface area (Å²) in [5, 5.41) is 7.47. The van der Waals surface area contributed by atoms with Crippen LogP contribution in [0, 0.1) is 0 Å². The normalized spacial score (nSPS) is 41.6. The Morgan fingerprint density at radius 3 is 0.833 bits per heavy atom. The van der Waals surface area contributed by atoms with Gasteiger partial charge in [0, 0.05) is 111 Å². The topological polar surface area (TPSA) is 0 Å². The van der Waals surface area contributed by atoms with Gasteiger partial charge >= 0.3 is 0 Å². The largest absolute Gasteiger partial charge is 0.160 e. The van der Waals surface area contributed by atoms with E-state index in [0.717, 1.165) is 42.0 Å². The minimum Gasteiger partial charge on any atom is -0.160 e. The van der Waals surface area contributed by atoms with Crippen molar-refractivity contribution >= 4 is 118 Å². The van der Waals surface area contributed by atoms with E-state index in [4.69, 9.17) is 0 Å². The number of rotatable bonds is 16. The second-order valence-electron chi connectivity index (χ2n) is 8.40. The van der Waals surface area contributed by atoms with E-state index in [2.05, 4.69) is 118 Å². The summed E-state index contributed by atoms with van der Waals surface area (Å²) in [5.74, 6) is 16.9. The van der Waals surface area contributed by atoms with E-state index < -0.39 is 0 Å². The van der Waals surface area contributed by atoms with Gasteiger partial charge in [0.2, 0.25) is 0 Å².